The van der Waals surface area contributed by atoms with Crippen molar-refractivity contribution in [2.75, 3.05) is 38.9 Å². The molecule has 1 aromatic carbocycles. The minimum Gasteiger partial charge on any atom is -0.467 e. The number of hydrogen-bond acceptors (Lipinski definition) is 7. The van der Waals surface area contributed by atoms with E-state index in [0.717, 1.165) is 42.0 Å². The van der Waals surface area contributed by atoms with Gasteiger partial charge in [0.15, 0.2) is 6.79 Å². The van der Waals surface area contributed by atoms with E-state index in [1.54, 1.807) is 6.20 Å². The Morgan fingerprint density at radius 1 is 1.26 bits per heavy atom. The van der Waals surface area contributed by atoms with Gasteiger partial charge in [-0.3, -0.25) is 0 Å². The van der Waals surface area contributed by atoms with Gasteiger partial charge in [-0.2, -0.15) is 0 Å². The van der Waals surface area contributed by atoms with E-state index in [-0.39, 0.29) is 6.79 Å². The lowest BCUT2D eigenvalue weighted by molar-refractivity contribution is 0.0227. The number of likely N-dealkylation sites (tertiary alicyclic amines) is 1. The predicted molar refractivity (Wildman–Crippen MR) is 106 cm³/mol. The van der Waals surface area contributed by atoms with Gasteiger partial charge in [0.05, 0.1) is 6.20 Å². The summed E-state index contributed by atoms with van der Waals surface area (Å²) in [4.78, 5) is 6.81. The van der Waals surface area contributed by atoms with Crippen LogP contribution >= 0.6 is 0 Å². The molecule has 0 amide bonds. The number of hydrogen-bond donors (Lipinski definition) is 1. The van der Waals surface area contributed by atoms with Crippen LogP contribution < -0.4 is 10.1 Å². The van der Waals surface area contributed by atoms with Crippen LogP contribution in [0.2, 0.25) is 0 Å². The van der Waals surface area contributed by atoms with E-state index < -0.39 is 0 Å². The SMILES string of the molecule is CCOCOc1cc(C)cc(C)c1-c1cnc(NC2CCCN(C)C2)nn1. The molecule has 7 nitrogen and oxygen atoms in total. The zero-order chi connectivity index (χ0) is 19.2. The number of nitrogens with zero attached hydrogens (tertiary/aromatic N) is 4. The van der Waals surface area contributed by atoms with Gasteiger partial charge in [0.25, 0.3) is 0 Å². The number of benzene rings is 1. The molecule has 27 heavy (non-hydrogen) atoms. The molecule has 1 atom stereocenters. The summed E-state index contributed by atoms with van der Waals surface area (Å²) in [5.41, 5.74) is 3.81. The average molecular weight is 371 g/mol. The number of aromatic nitrogens is 3. The smallest absolute Gasteiger partial charge is 0.242 e. The molecule has 1 aliphatic heterocycles. The maximum atomic E-state index is 5.82. The number of piperidine rings is 1. The van der Waals surface area contributed by atoms with E-state index >= 15 is 0 Å². The molecule has 2 aromatic rings. The molecule has 0 saturated carbocycles. The van der Waals surface area contributed by atoms with Crippen molar-refractivity contribution in [3.63, 3.8) is 0 Å². The Kier molecular flexibility index (Phi) is 6.58. The first-order chi connectivity index (χ1) is 13.1. The van der Waals surface area contributed by atoms with Crippen molar-refractivity contribution in [3.05, 3.63) is 29.5 Å². The van der Waals surface area contributed by atoms with Gasteiger partial charge in [0.2, 0.25) is 5.95 Å². The van der Waals surface area contributed by atoms with Crippen molar-refractivity contribution in [1.82, 2.24) is 20.1 Å². The average Bonchev–Trinajstić information content (AvgIpc) is 2.63. The third-order valence-electron chi connectivity index (χ3n) is 4.72. The van der Waals surface area contributed by atoms with Gasteiger partial charge in [-0.25, -0.2) is 4.98 Å². The number of nitrogens with one attached hydrogen (secondary N) is 1. The molecule has 0 aliphatic carbocycles. The van der Waals surface area contributed by atoms with Gasteiger partial charge >= 0.3 is 0 Å². The topological polar surface area (TPSA) is 72.4 Å². The van der Waals surface area contributed by atoms with Crippen LogP contribution in [0.15, 0.2) is 18.3 Å². The molecule has 3 rings (SSSR count). The van der Waals surface area contributed by atoms with Crippen LogP contribution in [-0.4, -0.2) is 59.7 Å². The second-order valence-electron chi connectivity index (χ2n) is 7.12. The highest BCUT2D eigenvalue weighted by atomic mass is 16.7. The van der Waals surface area contributed by atoms with Crippen LogP contribution in [0.3, 0.4) is 0 Å². The Morgan fingerprint density at radius 3 is 2.81 bits per heavy atom. The lowest BCUT2D eigenvalue weighted by Crippen LogP contribution is -2.40. The summed E-state index contributed by atoms with van der Waals surface area (Å²) >= 11 is 0. The summed E-state index contributed by atoms with van der Waals surface area (Å²) in [6.45, 7) is 8.99. The van der Waals surface area contributed by atoms with Crippen molar-refractivity contribution in [3.8, 4) is 17.0 Å². The summed E-state index contributed by atoms with van der Waals surface area (Å²) in [5.74, 6) is 1.31. The molecule has 0 bridgehead atoms. The van der Waals surface area contributed by atoms with Crippen molar-refractivity contribution in [2.45, 2.75) is 39.7 Å². The summed E-state index contributed by atoms with van der Waals surface area (Å²) in [7, 11) is 2.14. The van der Waals surface area contributed by atoms with Crippen molar-refractivity contribution < 1.29 is 9.47 Å². The maximum absolute atomic E-state index is 5.82. The fourth-order valence-electron chi connectivity index (χ4n) is 3.48. The summed E-state index contributed by atoms with van der Waals surface area (Å²) < 4.78 is 11.2. The van der Waals surface area contributed by atoms with E-state index in [1.165, 1.54) is 6.42 Å². The maximum Gasteiger partial charge on any atom is 0.242 e. The van der Waals surface area contributed by atoms with Crippen LogP contribution in [0, 0.1) is 13.8 Å². The molecule has 1 N–H and O–H groups in total. The van der Waals surface area contributed by atoms with E-state index in [4.69, 9.17) is 9.47 Å². The number of rotatable bonds is 7. The molecule has 1 saturated heterocycles. The molecule has 7 heteroatoms. The zero-order valence-corrected chi connectivity index (χ0v) is 16.7. The minimum absolute atomic E-state index is 0.210. The lowest BCUT2D eigenvalue weighted by Gasteiger charge is -2.30. The normalized spacial score (nSPS) is 17.7. The third kappa shape index (κ3) is 5.14. The fourth-order valence-corrected chi connectivity index (χ4v) is 3.48. The van der Waals surface area contributed by atoms with Crippen LogP contribution in [-0.2, 0) is 4.74 Å². The van der Waals surface area contributed by atoms with Crippen LogP contribution in [0.5, 0.6) is 5.75 Å². The second-order valence-corrected chi connectivity index (χ2v) is 7.12. The van der Waals surface area contributed by atoms with Gasteiger partial charge < -0.3 is 19.7 Å². The number of likely N-dealkylation sites (N-methyl/N-ethyl adjacent to an activating group) is 1. The first kappa shape index (κ1) is 19.5. The molecule has 1 fully saturated rings. The molecule has 2 heterocycles. The molecular weight excluding hydrogens is 342 g/mol. The molecule has 146 valence electrons. The summed E-state index contributed by atoms with van der Waals surface area (Å²) in [5, 5.41) is 12.1. The number of aryl methyl sites for hydroxylation is 2. The van der Waals surface area contributed by atoms with Gasteiger partial charge in [0.1, 0.15) is 11.4 Å². The summed E-state index contributed by atoms with van der Waals surface area (Å²) in [6.07, 6.45) is 4.07. The standard InChI is InChI=1S/C20H29N5O2/c1-5-26-13-27-18-10-14(2)9-15(3)19(18)17-11-21-20(24-23-17)22-16-7-6-8-25(4)12-16/h9-11,16H,5-8,12-13H2,1-4H3,(H,21,22,24). The largest absolute Gasteiger partial charge is 0.467 e. The van der Waals surface area contributed by atoms with E-state index in [1.807, 2.05) is 26.8 Å². The molecule has 1 unspecified atom stereocenters. The van der Waals surface area contributed by atoms with Crippen molar-refractivity contribution >= 4 is 5.95 Å². The van der Waals surface area contributed by atoms with Crippen molar-refractivity contribution in [2.24, 2.45) is 0 Å². The minimum atomic E-state index is 0.210. The molecule has 1 aromatic heterocycles. The second kappa shape index (κ2) is 9.10. The van der Waals surface area contributed by atoms with E-state index in [9.17, 15) is 0 Å². The molecule has 0 radical (unpaired) electrons. The molecule has 1 aliphatic rings. The highest BCUT2D eigenvalue weighted by Gasteiger charge is 2.18. The van der Waals surface area contributed by atoms with Crippen LogP contribution in [0.1, 0.15) is 30.9 Å². The Bertz CT molecular complexity index is 751. The van der Waals surface area contributed by atoms with Gasteiger partial charge in [-0.1, -0.05) is 6.07 Å². The monoisotopic (exact) mass is 371 g/mol. The van der Waals surface area contributed by atoms with Gasteiger partial charge in [-0.05, 0) is 64.4 Å². The highest BCUT2D eigenvalue weighted by Crippen LogP contribution is 2.33. The Labute approximate surface area is 161 Å². The first-order valence-corrected chi connectivity index (χ1v) is 9.53. The summed E-state index contributed by atoms with van der Waals surface area (Å²) in [6, 6.07) is 4.46. The Balaban J connectivity index is 1.77. The number of ether oxygens (including phenoxy) is 2. The molecule has 0 spiro atoms. The molecular formula is C20H29N5O2. The van der Waals surface area contributed by atoms with Crippen molar-refractivity contribution in [1.29, 1.82) is 0 Å². The van der Waals surface area contributed by atoms with E-state index in [2.05, 4.69) is 38.5 Å². The van der Waals surface area contributed by atoms with E-state index in [0.29, 0.717) is 24.3 Å². The third-order valence-corrected chi connectivity index (χ3v) is 4.72. The fraction of sp³-hybridized carbons (Fsp3) is 0.550. The van der Waals surface area contributed by atoms with Crippen LogP contribution in [0.4, 0.5) is 5.95 Å². The highest BCUT2D eigenvalue weighted by molar-refractivity contribution is 5.71. The quantitative estimate of drug-likeness (QED) is 0.592. The Hall–Kier alpha value is -2.25. The first-order valence-electron chi connectivity index (χ1n) is 9.53. The number of anilines is 1. The van der Waals surface area contributed by atoms with Crippen LogP contribution in [0.25, 0.3) is 11.3 Å². The van der Waals surface area contributed by atoms with Gasteiger partial charge in [-0.15, -0.1) is 10.2 Å². The predicted octanol–water partition coefficient (Wildman–Crippen LogP) is 3.03. The zero-order valence-electron chi connectivity index (χ0n) is 16.7. The lowest BCUT2D eigenvalue weighted by atomic mass is 10.0. The Morgan fingerprint density at radius 2 is 2.11 bits per heavy atom. The van der Waals surface area contributed by atoms with Gasteiger partial charge in [0, 0.05) is 24.8 Å².